The molecule has 0 aliphatic carbocycles. The summed E-state index contributed by atoms with van der Waals surface area (Å²) in [7, 11) is 0. The van der Waals surface area contributed by atoms with E-state index in [1.54, 1.807) is 6.92 Å². The molecule has 7 nitrogen and oxygen atoms in total. The van der Waals surface area contributed by atoms with Crippen LogP contribution in [-0.2, 0) is 9.59 Å². The third-order valence-electron chi connectivity index (χ3n) is 2.42. The Balaban J connectivity index is 4.13. The van der Waals surface area contributed by atoms with Gasteiger partial charge in [-0.05, 0) is 5.92 Å². The third-order valence-corrected chi connectivity index (χ3v) is 2.42. The van der Waals surface area contributed by atoms with Gasteiger partial charge in [0.25, 0.3) is 0 Å². The van der Waals surface area contributed by atoms with Crippen molar-refractivity contribution < 1.29 is 19.5 Å². The Labute approximate surface area is 99.7 Å². The van der Waals surface area contributed by atoms with Gasteiger partial charge in [-0.2, -0.15) is 0 Å². The van der Waals surface area contributed by atoms with Gasteiger partial charge in [0.05, 0.1) is 0 Å². The molecular formula is C10H19N3O4. The SMILES string of the molecule is CCC(C)[C@H](NC(=O)NCCC(N)=O)C(=O)O. The first kappa shape index (κ1) is 15.2. The zero-order valence-electron chi connectivity index (χ0n) is 10.0. The van der Waals surface area contributed by atoms with E-state index >= 15 is 0 Å². The van der Waals surface area contributed by atoms with Crippen molar-refractivity contribution >= 4 is 17.9 Å². The van der Waals surface area contributed by atoms with E-state index in [1.807, 2.05) is 6.92 Å². The van der Waals surface area contributed by atoms with Crippen molar-refractivity contribution in [2.24, 2.45) is 11.7 Å². The Morgan fingerprint density at radius 2 is 1.94 bits per heavy atom. The second kappa shape index (κ2) is 7.48. The molecule has 5 N–H and O–H groups in total. The normalized spacial score (nSPS) is 13.5. The van der Waals surface area contributed by atoms with Crippen molar-refractivity contribution in [1.82, 2.24) is 10.6 Å². The van der Waals surface area contributed by atoms with Crippen LogP contribution in [0.2, 0.25) is 0 Å². The highest BCUT2D eigenvalue weighted by molar-refractivity contribution is 5.83. The molecule has 0 aromatic carbocycles. The zero-order chi connectivity index (χ0) is 13.4. The number of primary amides is 1. The Morgan fingerprint density at radius 3 is 2.35 bits per heavy atom. The Bertz CT molecular complexity index is 293. The van der Waals surface area contributed by atoms with Gasteiger partial charge in [-0.15, -0.1) is 0 Å². The zero-order valence-corrected chi connectivity index (χ0v) is 10.0. The molecule has 2 atom stereocenters. The first-order valence-electron chi connectivity index (χ1n) is 5.44. The number of aliphatic carboxylic acids is 1. The maximum absolute atomic E-state index is 11.3. The molecule has 3 amide bonds. The summed E-state index contributed by atoms with van der Waals surface area (Å²) in [6.45, 7) is 3.67. The van der Waals surface area contributed by atoms with Crippen LogP contribution in [-0.4, -0.2) is 35.6 Å². The molecule has 0 fully saturated rings. The van der Waals surface area contributed by atoms with E-state index in [9.17, 15) is 14.4 Å². The van der Waals surface area contributed by atoms with Gasteiger partial charge in [0, 0.05) is 13.0 Å². The van der Waals surface area contributed by atoms with E-state index in [2.05, 4.69) is 10.6 Å². The minimum atomic E-state index is -1.08. The predicted molar refractivity (Wildman–Crippen MR) is 61.2 cm³/mol. The fourth-order valence-electron chi connectivity index (χ4n) is 1.17. The van der Waals surface area contributed by atoms with Crippen LogP contribution < -0.4 is 16.4 Å². The van der Waals surface area contributed by atoms with Crippen molar-refractivity contribution in [3.63, 3.8) is 0 Å². The fourth-order valence-corrected chi connectivity index (χ4v) is 1.17. The molecule has 0 rings (SSSR count). The maximum Gasteiger partial charge on any atom is 0.326 e. The monoisotopic (exact) mass is 245 g/mol. The standard InChI is InChI=1S/C10H19N3O4/c1-3-6(2)8(9(15)16)13-10(17)12-5-4-7(11)14/h6,8H,3-5H2,1-2H3,(H2,11,14)(H,15,16)(H2,12,13,17)/t6?,8-/m0/s1. The lowest BCUT2D eigenvalue weighted by atomic mass is 9.99. The van der Waals surface area contributed by atoms with Gasteiger partial charge in [0.15, 0.2) is 0 Å². The van der Waals surface area contributed by atoms with E-state index in [-0.39, 0.29) is 18.9 Å². The van der Waals surface area contributed by atoms with Crippen LogP contribution in [0.1, 0.15) is 26.7 Å². The number of hydrogen-bond donors (Lipinski definition) is 4. The maximum atomic E-state index is 11.3. The lowest BCUT2D eigenvalue weighted by molar-refractivity contribution is -0.140. The van der Waals surface area contributed by atoms with Crippen molar-refractivity contribution in [2.45, 2.75) is 32.7 Å². The van der Waals surface area contributed by atoms with Crippen LogP contribution in [0.15, 0.2) is 0 Å². The van der Waals surface area contributed by atoms with Gasteiger partial charge in [-0.3, -0.25) is 4.79 Å². The van der Waals surface area contributed by atoms with Crippen LogP contribution >= 0.6 is 0 Å². The Morgan fingerprint density at radius 1 is 1.35 bits per heavy atom. The van der Waals surface area contributed by atoms with Gasteiger partial charge in [-0.1, -0.05) is 20.3 Å². The van der Waals surface area contributed by atoms with Crippen LogP contribution in [0.5, 0.6) is 0 Å². The summed E-state index contributed by atoms with van der Waals surface area (Å²) in [5.41, 5.74) is 4.89. The number of hydrogen-bond acceptors (Lipinski definition) is 3. The number of amides is 3. The van der Waals surface area contributed by atoms with E-state index in [0.717, 1.165) is 0 Å². The van der Waals surface area contributed by atoms with Crippen LogP contribution in [0, 0.1) is 5.92 Å². The van der Waals surface area contributed by atoms with E-state index in [1.165, 1.54) is 0 Å². The van der Waals surface area contributed by atoms with Gasteiger partial charge in [0.2, 0.25) is 5.91 Å². The fraction of sp³-hybridized carbons (Fsp3) is 0.700. The highest BCUT2D eigenvalue weighted by atomic mass is 16.4. The van der Waals surface area contributed by atoms with E-state index in [4.69, 9.17) is 10.8 Å². The second-order valence-electron chi connectivity index (χ2n) is 3.82. The number of carbonyl (C=O) groups excluding carboxylic acids is 2. The number of carbonyl (C=O) groups is 3. The summed E-state index contributed by atoms with van der Waals surface area (Å²) in [6.07, 6.45) is 0.660. The minimum Gasteiger partial charge on any atom is -0.480 e. The molecule has 17 heavy (non-hydrogen) atoms. The number of nitrogens with two attached hydrogens (primary N) is 1. The molecular weight excluding hydrogens is 226 g/mol. The Hall–Kier alpha value is -1.79. The molecule has 0 heterocycles. The molecule has 98 valence electrons. The molecule has 0 saturated heterocycles. The van der Waals surface area contributed by atoms with Gasteiger partial charge in [0.1, 0.15) is 6.04 Å². The molecule has 7 heteroatoms. The number of rotatable bonds is 7. The first-order chi connectivity index (χ1) is 7.88. The molecule has 1 unspecified atom stereocenters. The van der Waals surface area contributed by atoms with Crippen molar-refractivity contribution in [2.75, 3.05) is 6.54 Å². The van der Waals surface area contributed by atoms with Gasteiger partial charge >= 0.3 is 12.0 Å². The van der Waals surface area contributed by atoms with Gasteiger partial charge < -0.3 is 21.5 Å². The van der Waals surface area contributed by atoms with Crippen molar-refractivity contribution in [3.05, 3.63) is 0 Å². The summed E-state index contributed by atoms with van der Waals surface area (Å²) < 4.78 is 0. The molecule has 0 aromatic rings. The topological polar surface area (TPSA) is 122 Å². The number of nitrogens with one attached hydrogen (secondary N) is 2. The van der Waals surface area contributed by atoms with E-state index in [0.29, 0.717) is 6.42 Å². The average molecular weight is 245 g/mol. The van der Waals surface area contributed by atoms with Crippen molar-refractivity contribution in [3.8, 4) is 0 Å². The van der Waals surface area contributed by atoms with Crippen LogP contribution in [0.25, 0.3) is 0 Å². The number of carboxylic acid groups (broad SMARTS) is 1. The average Bonchev–Trinajstić information content (AvgIpc) is 2.24. The van der Waals surface area contributed by atoms with Crippen LogP contribution in [0.3, 0.4) is 0 Å². The lowest BCUT2D eigenvalue weighted by Crippen LogP contribution is -2.49. The highest BCUT2D eigenvalue weighted by Gasteiger charge is 2.24. The van der Waals surface area contributed by atoms with E-state index < -0.39 is 23.9 Å². The molecule has 0 radical (unpaired) electrons. The summed E-state index contributed by atoms with van der Waals surface area (Å²) in [5, 5.41) is 13.6. The minimum absolute atomic E-state index is 0.0223. The molecule has 0 aromatic heterocycles. The number of urea groups is 1. The summed E-state index contributed by atoms with van der Waals surface area (Å²) in [5.74, 6) is -1.78. The third kappa shape index (κ3) is 6.39. The van der Waals surface area contributed by atoms with Crippen LogP contribution in [0.4, 0.5) is 4.79 Å². The largest absolute Gasteiger partial charge is 0.480 e. The summed E-state index contributed by atoms with van der Waals surface area (Å²) in [4.78, 5) is 32.6. The van der Waals surface area contributed by atoms with Gasteiger partial charge in [-0.25, -0.2) is 9.59 Å². The Kier molecular flexibility index (Phi) is 6.69. The summed E-state index contributed by atoms with van der Waals surface area (Å²) in [6, 6.07) is -1.55. The van der Waals surface area contributed by atoms with Crippen molar-refractivity contribution in [1.29, 1.82) is 0 Å². The number of carboxylic acids is 1. The molecule has 0 saturated carbocycles. The predicted octanol–water partition coefficient (Wildman–Crippen LogP) is -0.340. The second-order valence-corrected chi connectivity index (χ2v) is 3.82. The molecule has 0 spiro atoms. The molecule has 0 aliphatic heterocycles. The smallest absolute Gasteiger partial charge is 0.326 e. The summed E-state index contributed by atoms with van der Waals surface area (Å²) >= 11 is 0. The lowest BCUT2D eigenvalue weighted by Gasteiger charge is -2.20. The molecule has 0 aliphatic rings. The first-order valence-corrected chi connectivity index (χ1v) is 5.44. The highest BCUT2D eigenvalue weighted by Crippen LogP contribution is 2.07. The quantitative estimate of drug-likeness (QED) is 0.490. The molecule has 0 bridgehead atoms.